The molecule has 4 amide bonds. The van der Waals surface area contributed by atoms with E-state index in [4.69, 9.17) is 0 Å². The second kappa shape index (κ2) is 5.29. The lowest BCUT2D eigenvalue weighted by Gasteiger charge is -2.22. The molecule has 23 heavy (non-hydrogen) atoms. The van der Waals surface area contributed by atoms with Crippen molar-refractivity contribution >= 4 is 17.8 Å². The predicted octanol–water partition coefficient (Wildman–Crippen LogP) is 1.01. The maximum atomic E-state index is 14.0. The minimum Gasteiger partial charge on any atom is -0.352 e. The molecule has 2 aliphatic rings. The van der Waals surface area contributed by atoms with Gasteiger partial charge in [-0.25, -0.2) is 13.6 Å². The highest BCUT2D eigenvalue weighted by Gasteiger charge is 2.50. The van der Waals surface area contributed by atoms with E-state index >= 15 is 0 Å². The van der Waals surface area contributed by atoms with Crippen LogP contribution in [0, 0.1) is 11.6 Å². The number of nitrogens with one attached hydrogen (secondary N) is 2. The van der Waals surface area contributed by atoms with Gasteiger partial charge in [0.15, 0.2) is 0 Å². The Kier molecular flexibility index (Phi) is 3.54. The van der Waals surface area contributed by atoms with Crippen molar-refractivity contribution in [1.82, 2.24) is 15.5 Å². The average Bonchev–Trinajstić information content (AvgIpc) is 3.23. The van der Waals surface area contributed by atoms with Crippen LogP contribution in [0.1, 0.15) is 25.3 Å². The minimum absolute atomic E-state index is 0.101. The molecule has 1 heterocycles. The molecule has 0 spiro atoms. The fourth-order valence-corrected chi connectivity index (χ4v) is 2.56. The first-order valence-corrected chi connectivity index (χ1v) is 7.20. The van der Waals surface area contributed by atoms with E-state index in [9.17, 15) is 23.2 Å². The Hall–Kier alpha value is -2.51. The second-order valence-corrected chi connectivity index (χ2v) is 5.91. The van der Waals surface area contributed by atoms with Gasteiger partial charge in [0.25, 0.3) is 5.91 Å². The summed E-state index contributed by atoms with van der Waals surface area (Å²) in [4.78, 5) is 37.0. The number of urea groups is 1. The molecule has 2 fully saturated rings. The molecule has 1 atom stereocenters. The zero-order valence-corrected chi connectivity index (χ0v) is 12.4. The predicted molar refractivity (Wildman–Crippen MR) is 75.1 cm³/mol. The van der Waals surface area contributed by atoms with Gasteiger partial charge < -0.3 is 10.6 Å². The van der Waals surface area contributed by atoms with Crippen molar-refractivity contribution in [3.8, 4) is 0 Å². The van der Waals surface area contributed by atoms with E-state index < -0.39 is 41.6 Å². The molecule has 8 heteroatoms. The Morgan fingerprint density at radius 3 is 2.70 bits per heavy atom. The zero-order chi connectivity index (χ0) is 16.8. The SMILES string of the molecule is C[C@@]1(c2ccc(F)cc2F)NC(=O)N(CC(=O)NC2CC2)C1=O. The highest BCUT2D eigenvalue weighted by atomic mass is 19.1. The molecule has 3 rings (SSSR count). The number of benzene rings is 1. The van der Waals surface area contributed by atoms with Crippen molar-refractivity contribution < 1.29 is 23.2 Å². The molecule has 1 aromatic carbocycles. The molecular weight excluding hydrogens is 308 g/mol. The maximum Gasteiger partial charge on any atom is 0.325 e. The molecule has 1 aliphatic carbocycles. The Labute approximate surface area is 130 Å². The summed E-state index contributed by atoms with van der Waals surface area (Å²) >= 11 is 0. The summed E-state index contributed by atoms with van der Waals surface area (Å²) in [7, 11) is 0. The maximum absolute atomic E-state index is 14.0. The molecule has 0 aromatic heterocycles. The van der Waals surface area contributed by atoms with Gasteiger partial charge >= 0.3 is 6.03 Å². The number of carbonyl (C=O) groups excluding carboxylic acids is 3. The number of hydrogen-bond acceptors (Lipinski definition) is 3. The largest absolute Gasteiger partial charge is 0.352 e. The summed E-state index contributed by atoms with van der Waals surface area (Å²) in [6.07, 6.45) is 1.76. The van der Waals surface area contributed by atoms with Crippen LogP contribution in [0.15, 0.2) is 18.2 Å². The summed E-state index contributed by atoms with van der Waals surface area (Å²) in [5.74, 6) is -2.92. The van der Waals surface area contributed by atoms with Gasteiger partial charge in [0.1, 0.15) is 23.7 Å². The van der Waals surface area contributed by atoms with Gasteiger partial charge in [0, 0.05) is 17.7 Å². The van der Waals surface area contributed by atoms with Crippen molar-refractivity contribution in [2.45, 2.75) is 31.3 Å². The van der Waals surface area contributed by atoms with Crippen molar-refractivity contribution in [2.24, 2.45) is 0 Å². The highest BCUT2D eigenvalue weighted by molar-refractivity contribution is 6.09. The first kappa shape index (κ1) is 15.4. The standard InChI is InChI=1S/C15H15F2N3O3/c1-15(10-5-2-8(16)6-11(10)17)13(22)20(14(23)19-15)7-12(21)18-9-3-4-9/h2,5-6,9H,3-4,7H2,1H3,(H,18,21)(H,19,23)/t15-/m0/s1. The quantitative estimate of drug-likeness (QED) is 0.812. The van der Waals surface area contributed by atoms with Crippen LogP contribution in [0.25, 0.3) is 0 Å². The van der Waals surface area contributed by atoms with E-state index in [0.29, 0.717) is 6.07 Å². The molecular formula is C15H15F2N3O3. The highest BCUT2D eigenvalue weighted by Crippen LogP contribution is 2.31. The van der Waals surface area contributed by atoms with Crippen molar-refractivity contribution in [1.29, 1.82) is 0 Å². The molecule has 1 saturated carbocycles. The van der Waals surface area contributed by atoms with Gasteiger partial charge in [0.2, 0.25) is 5.91 Å². The number of imide groups is 1. The first-order chi connectivity index (χ1) is 10.8. The summed E-state index contributed by atoms with van der Waals surface area (Å²) in [6, 6.07) is 2.07. The number of halogens is 2. The minimum atomic E-state index is -1.67. The van der Waals surface area contributed by atoms with Crippen LogP contribution in [0.3, 0.4) is 0 Å². The van der Waals surface area contributed by atoms with E-state index in [1.165, 1.54) is 6.92 Å². The summed E-state index contributed by atoms with van der Waals surface area (Å²) in [6.45, 7) is 0.891. The number of hydrogen-bond donors (Lipinski definition) is 2. The van der Waals surface area contributed by atoms with Crippen molar-refractivity contribution in [2.75, 3.05) is 6.54 Å². The Balaban J connectivity index is 1.82. The molecule has 0 unspecified atom stereocenters. The van der Waals surface area contributed by atoms with Gasteiger partial charge in [-0.05, 0) is 25.8 Å². The number of amides is 4. The fraction of sp³-hybridized carbons (Fsp3) is 0.400. The Bertz CT molecular complexity index is 705. The normalized spacial score (nSPS) is 23.9. The third-order valence-corrected chi connectivity index (χ3v) is 3.99. The molecule has 122 valence electrons. The molecule has 1 aliphatic heterocycles. The topological polar surface area (TPSA) is 78.5 Å². The smallest absolute Gasteiger partial charge is 0.325 e. The van der Waals surface area contributed by atoms with Gasteiger partial charge in [-0.15, -0.1) is 0 Å². The number of carbonyl (C=O) groups is 3. The average molecular weight is 323 g/mol. The fourth-order valence-electron chi connectivity index (χ4n) is 2.56. The van der Waals surface area contributed by atoms with Gasteiger partial charge in [-0.2, -0.15) is 0 Å². The third-order valence-electron chi connectivity index (χ3n) is 3.99. The van der Waals surface area contributed by atoms with Crippen LogP contribution in [0.4, 0.5) is 13.6 Å². The second-order valence-electron chi connectivity index (χ2n) is 5.91. The van der Waals surface area contributed by atoms with E-state index in [1.54, 1.807) is 0 Å². The van der Waals surface area contributed by atoms with Gasteiger partial charge in [0.05, 0.1) is 0 Å². The van der Waals surface area contributed by atoms with Crippen LogP contribution in [0.5, 0.6) is 0 Å². The molecule has 1 saturated heterocycles. The zero-order valence-electron chi connectivity index (χ0n) is 12.4. The van der Waals surface area contributed by atoms with E-state index in [-0.39, 0.29) is 11.6 Å². The van der Waals surface area contributed by atoms with Gasteiger partial charge in [-0.1, -0.05) is 6.07 Å². The summed E-state index contributed by atoms with van der Waals surface area (Å²) in [5, 5.41) is 5.05. The van der Waals surface area contributed by atoms with Crippen molar-refractivity contribution in [3.05, 3.63) is 35.4 Å². The van der Waals surface area contributed by atoms with Crippen LogP contribution < -0.4 is 10.6 Å². The van der Waals surface area contributed by atoms with Crippen LogP contribution in [0.2, 0.25) is 0 Å². The van der Waals surface area contributed by atoms with Crippen LogP contribution >= 0.6 is 0 Å². The van der Waals surface area contributed by atoms with Crippen molar-refractivity contribution in [3.63, 3.8) is 0 Å². The van der Waals surface area contributed by atoms with E-state index in [1.807, 2.05) is 0 Å². The summed E-state index contributed by atoms with van der Waals surface area (Å²) < 4.78 is 27.0. The Morgan fingerprint density at radius 2 is 2.09 bits per heavy atom. The lowest BCUT2D eigenvalue weighted by Crippen LogP contribution is -2.44. The lowest BCUT2D eigenvalue weighted by atomic mass is 9.91. The first-order valence-electron chi connectivity index (χ1n) is 7.20. The lowest BCUT2D eigenvalue weighted by molar-refractivity contribution is -0.134. The van der Waals surface area contributed by atoms with Crippen LogP contribution in [-0.2, 0) is 15.1 Å². The van der Waals surface area contributed by atoms with E-state index in [0.717, 1.165) is 29.9 Å². The molecule has 6 nitrogen and oxygen atoms in total. The molecule has 1 aromatic rings. The summed E-state index contributed by atoms with van der Waals surface area (Å²) in [5.41, 5.74) is -1.82. The number of rotatable bonds is 4. The molecule has 2 N–H and O–H groups in total. The molecule has 0 bridgehead atoms. The number of nitrogens with zero attached hydrogens (tertiary/aromatic N) is 1. The van der Waals surface area contributed by atoms with E-state index in [2.05, 4.69) is 10.6 Å². The Morgan fingerprint density at radius 1 is 1.39 bits per heavy atom. The monoisotopic (exact) mass is 323 g/mol. The van der Waals surface area contributed by atoms with Gasteiger partial charge in [-0.3, -0.25) is 14.5 Å². The molecule has 0 radical (unpaired) electrons. The van der Waals surface area contributed by atoms with Crippen LogP contribution in [-0.4, -0.2) is 35.3 Å². The third kappa shape index (κ3) is 2.76.